The largest absolute Gasteiger partial charge is 0.342 e. The van der Waals surface area contributed by atoms with E-state index >= 15 is 0 Å². The SMILES string of the molecule is CC(=O)N1CCc2nc([C@@H]3CCN(C(=O)Cc4ccc(C)cc4)C3)ncc2C1. The van der Waals surface area contributed by atoms with Crippen LogP contribution >= 0.6 is 0 Å². The summed E-state index contributed by atoms with van der Waals surface area (Å²) in [5, 5.41) is 0. The predicted octanol–water partition coefficient (Wildman–Crippen LogP) is 2.25. The van der Waals surface area contributed by atoms with Crippen molar-refractivity contribution in [2.24, 2.45) is 0 Å². The van der Waals surface area contributed by atoms with E-state index in [1.165, 1.54) is 5.56 Å². The van der Waals surface area contributed by atoms with Gasteiger partial charge in [0.2, 0.25) is 11.8 Å². The van der Waals surface area contributed by atoms with Crippen LogP contribution in [0.5, 0.6) is 0 Å². The number of benzene rings is 1. The second-order valence-corrected chi connectivity index (χ2v) is 7.88. The summed E-state index contributed by atoms with van der Waals surface area (Å²) < 4.78 is 0. The third-order valence-corrected chi connectivity index (χ3v) is 5.78. The summed E-state index contributed by atoms with van der Waals surface area (Å²) in [5.74, 6) is 1.29. The number of likely N-dealkylation sites (tertiary alicyclic amines) is 1. The molecule has 6 heteroatoms. The zero-order valence-corrected chi connectivity index (χ0v) is 16.5. The highest BCUT2D eigenvalue weighted by molar-refractivity contribution is 5.79. The van der Waals surface area contributed by atoms with Crippen molar-refractivity contribution in [3.63, 3.8) is 0 Å². The molecule has 4 rings (SSSR count). The van der Waals surface area contributed by atoms with Crippen LogP contribution in [0.4, 0.5) is 0 Å². The number of nitrogens with zero attached hydrogens (tertiary/aromatic N) is 4. The fourth-order valence-corrected chi connectivity index (χ4v) is 3.99. The van der Waals surface area contributed by atoms with Gasteiger partial charge in [0, 0.05) is 57.2 Å². The molecule has 1 aromatic heterocycles. The van der Waals surface area contributed by atoms with Crippen LogP contribution in [-0.2, 0) is 29.0 Å². The van der Waals surface area contributed by atoms with E-state index in [9.17, 15) is 9.59 Å². The Morgan fingerprint density at radius 2 is 1.93 bits per heavy atom. The van der Waals surface area contributed by atoms with Crippen LogP contribution in [-0.4, -0.2) is 51.2 Å². The van der Waals surface area contributed by atoms with Crippen LogP contribution in [0.15, 0.2) is 30.5 Å². The molecule has 0 saturated carbocycles. The number of amides is 2. The first kappa shape index (κ1) is 18.6. The average molecular weight is 378 g/mol. The maximum absolute atomic E-state index is 12.7. The van der Waals surface area contributed by atoms with Gasteiger partial charge < -0.3 is 9.80 Å². The van der Waals surface area contributed by atoms with Crippen LogP contribution in [0.2, 0.25) is 0 Å². The number of rotatable bonds is 3. The molecule has 0 N–H and O–H groups in total. The summed E-state index contributed by atoms with van der Waals surface area (Å²) >= 11 is 0. The number of aryl methyl sites for hydroxylation is 1. The second-order valence-electron chi connectivity index (χ2n) is 7.88. The van der Waals surface area contributed by atoms with Crippen molar-refractivity contribution < 1.29 is 9.59 Å². The first-order valence-electron chi connectivity index (χ1n) is 9.93. The molecule has 2 aliphatic rings. The molecule has 2 amide bonds. The molecule has 28 heavy (non-hydrogen) atoms. The Kier molecular flexibility index (Phi) is 5.11. The summed E-state index contributed by atoms with van der Waals surface area (Å²) in [6.07, 6.45) is 3.98. The van der Waals surface area contributed by atoms with E-state index in [-0.39, 0.29) is 17.7 Å². The van der Waals surface area contributed by atoms with Gasteiger partial charge in [-0.05, 0) is 18.9 Å². The van der Waals surface area contributed by atoms with E-state index in [1.54, 1.807) is 6.92 Å². The van der Waals surface area contributed by atoms with Crippen molar-refractivity contribution in [1.82, 2.24) is 19.8 Å². The summed E-state index contributed by atoms with van der Waals surface area (Å²) in [6.45, 7) is 6.40. The highest BCUT2D eigenvalue weighted by atomic mass is 16.2. The molecule has 0 unspecified atom stereocenters. The third kappa shape index (κ3) is 3.91. The smallest absolute Gasteiger partial charge is 0.227 e. The zero-order chi connectivity index (χ0) is 19.7. The van der Waals surface area contributed by atoms with Gasteiger partial charge in [-0.15, -0.1) is 0 Å². The lowest BCUT2D eigenvalue weighted by atomic mass is 10.0. The Bertz CT molecular complexity index is 894. The average Bonchev–Trinajstić information content (AvgIpc) is 3.19. The maximum Gasteiger partial charge on any atom is 0.227 e. The van der Waals surface area contributed by atoms with Gasteiger partial charge >= 0.3 is 0 Å². The van der Waals surface area contributed by atoms with Crippen molar-refractivity contribution in [1.29, 1.82) is 0 Å². The number of carbonyl (C=O) groups excluding carboxylic acids is 2. The number of carbonyl (C=O) groups is 2. The molecule has 2 aliphatic heterocycles. The van der Waals surface area contributed by atoms with Crippen molar-refractivity contribution in [3.05, 3.63) is 58.7 Å². The maximum atomic E-state index is 12.7. The lowest BCUT2D eigenvalue weighted by Gasteiger charge is -2.27. The van der Waals surface area contributed by atoms with Crippen LogP contribution in [0.3, 0.4) is 0 Å². The second kappa shape index (κ2) is 7.70. The van der Waals surface area contributed by atoms with Gasteiger partial charge in [-0.2, -0.15) is 0 Å². The van der Waals surface area contributed by atoms with E-state index in [0.29, 0.717) is 26.1 Å². The van der Waals surface area contributed by atoms with Crippen LogP contribution in [0, 0.1) is 6.92 Å². The minimum Gasteiger partial charge on any atom is -0.342 e. The molecular formula is C22H26N4O2. The summed E-state index contributed by atoms with van der Waals surface area (Å²) in [5.41, 5.74) is 4.34. The van der Waals surface area contributed by atoms with E-state index < -0.39 is 0 Å². The topological polar surface area (TPSA) is 66.4 Å². The highest BCUT2D eigenvalue weighted by Crippen LogP contribution is 2.27. The number of hydrogen-bond donors (Lipinski definition) is 0. The summed E-state index contributed by atoms with van der Waals surface area (Å²) in [4.78, 5) is 37.4. The van der Waals surface area contributed by atoms with E-state index in [2.05, 4.69) is 4.98 Å². The van der Waals surface area contributed by atoms with Crippen molar-refractivity contribution >= 4 is 11.8 Å². The highest BCUT2D eigenvalue weighted by Gasteiger charge is 2.30. The lowest BCUT2D eigenvalue weighted by molar-refractivity contribution is -0.130. The van der Waals surface area contributed by atoms with Gasteiger partial charge in [0.05, 0.1) is 12.1 Å². The van der Waals surface area contributed by atoms with Crippen LogP contribution in [0.25, 0.3) is 0 Å². The van der Waals surface area contributed by atoms with E-state index in [1.807, 2.05) is 47.2 Å². The van der Waals surface area contributed by atoms with Crippen LogP contribution in [0.1, 0.15) is 47.5 Å². The molecule has 6 nitrogen and oxygen atoms in total. The van der Waals surface area contributed by atoms with Crippen molar-refractivity contribution in [3.8, 4) is 0 Å². The van der Waals surface area contributed by atoms with Gasteiger partial charge in [-0.1, -0.05) is 29.8 Å². The first-order chi connectivity index (χ1) is 13.5. The molecule has 146 valence electrons. The molecule has 1 fully saturated rings. The standard InChI is InChI=1S/C22H26N4O2/c1-15-3-5-17(6-4-15)11-21(28)26-9-7-18(13-26)22-23-12-19-14-25(16(2)27)10-8-20(19)24-22/h3-6,12,18H,7-11,13-14H2,1-2H3/t18-/m1/s1. The van der Waals surface area contributed by atoms with Gasteiger partial charge in [-0.25, -0.2) is 9.97 Å². The molecular weight excluding hydrogens is 352 g/mol. The van der Waals surface area contributed by atoms with Crippen molar-refractivity contribution in [2.45, 2.75) is 45.6 Å². The molecule has 0 aliphatic carbocycles. The van der Waals surface area contributed by atoms with E-state index in [0.717, 1.165) is 42.0 Å². The van der Waals surface area contributed by atoms with Crippen LogP contribution < -0.4 is 0 Å². The molecule has 1 atom stereocenters. The third-order valence-electron chi connectivity index (χ3n) is 5.78. The van der Waals surface area contributed by atoms with Gasteiger partial charge in [0.15, 0.2) is 0 Å². The fraction of sp³-hybridized carbons (Fsp3) is 0.455. The Labute approximate surface area is 165 Å². The van der Waals surface area contributed by atoms with Crippen molar-refractivity contribution in [2.75, 3.05) is 19.6 Å². The molecule has 1 saturated heterocycles. The minimum atomic E-state index is 0.0910. The Morgan fingerprint density at radius 1 is 1.14 bits per heavy atom. The summed E-state index contributed by atoms with van der Waals surface area (Å²) in [7, 11) is 0. The molecule has 0 spiro atoms. The zero-order valence-electron chi connectivity index (χ0n) is 16.5. The molecule has 3 heterocycles. The normalized spacial score (nSPS) is 18.9. The van der Waals surface area contributed by atoms with E-state index in [4.69, 9.17) is 4.98 Å². The minimum absolute atomic E-state index is 0.0910. The monoisotopic (exact) mass is 378 g/mol. The number of aromatic nitrogens is 2. The lowest BCUT2D eigenvalue weighted by Crippen LogP contribution is -2.35. The van der Waals surface area contributed by atoms with Gasteiger partial charge in [0.1, 0.15) is 5.82 Å². The Balaban J connectivity index is 1.39. The Hall–Kier alpha value is -2.76. The molecule has 2 aromatic rings. The van der Waals surface area contributed by atoms with Gasteiger partial charge in [-0.3, -0.25) is 9.59 Å². The molecule has 0 bridgehead atoms. The van der Waals surface area contributed by atoms with Gasteiger partial charge in [0.25, 0.3) is 0 Å². The first-order valence-corrected chi connectivity index (χ1v) is 9.93. The fourth-order valence-electron chi connectivity index (χ4n) is 3.99. The molecule has 1 aromatic carbocycles. The molecule has 0 radical (unpaired) electrons. The Morgan fingerprint density at radius 3 is 2.68 bits per heavy atom. The predicted molar refractivity (Wildman–Crippen MR) is 106 cm³/mol. The number of hydrogen-bond acceptors (Lipinski definition) is 4. The number of fused-ring (bicyclic) bond motifs is 1. The quantitative estimate of drug-likeness (QED) is 0.822. The summed E-state index contributed by atoms with van der Waals surface area (Å²) in [6, 6.07) is 8.14.